The Bertz CT molecular complexity index is 407. The number of hydrogen-bond donors (Lipinski definition) is 0. The van der Waals surface area contributed by atoms with Crippen LogP contribution >= 0.6 is 0 Å². The van der Waals surface area contributed by atoms with Crippen LogP contribution in [0.2, 0.25) is 0 Å². The summed E-state index contributed by atoms with van der Waals surface area (Å²) in [5, 5.41) is 0. The average Bonchev–Trinajstić information content (AvgIpc) is 2.47. The van der Waals surface area contributed by atoms with Gasteiger partial charge in [-0.25, -0.2) is 0 Å². The van der Waals surface area contributed by atoms with Gasteiger partial charge in [-0.3, -0.25) is 4.99 Å². The predicted molar refractivity (Wildman–Crippen MR) is 55.4 cm³/mol. The van der Waals surface area contributed by atoms with Gasteiger partial charge in [-0.1, -0.05) is 23.8 Å². The average molecular weight is 169 g/mol. The number of aliphatic imine (C=N–C) groups is 1. The highest BCUT2D eigenvalue weighted by atomic mass is 14.8. The predicted octanol–water partition coefficient (Wildman–Crippen LogP) is 3.34. The highest BCUT2D eigenvalue weighted by Gasteiger charge is 2.19. The molecule has 0 bridgehead atoms. The second-order valence-corrected chi connectivity index (χ2v) is 3.65. The molecule has 0 saturated heterocycles. The standard InChI is InChI=1S/C12H11N/c1-2-7-12-10(6-1)11(8-13-12)9-4-3-5-9/h1-2,6-8H,3-5H2. The molecule has 1 aliphatic carbocycles. The number of nitrogens with zero attached hydrogens (tertiary/aromatic N) is 1. The zero-order valence-electron chi connectivity index (χ0n) is 7.46. The molecule has 0 spiro atoms. The second kappa shape index (κ2) is 2.56. The molecule has 1 saturated carbocycles. The number of allylic oxidation sites excluding steroid dienone is 2. The van der Waals surface area contributed by atoms with E-state index in [-0.39, 0.29) is 0 Å². The van der Waals surface area contributed by atoms with Crippen molar-refractivity contribution in [1.82, 2.24) is 0 Å². The topological polar surface area (TPSA) is 12.4 Å². The minimum Gasteiger partial charge on any atom is -0.256 e. The van der Waals surface area contributed by atoms with Gasteiger partial charge in [-0.2, -0.15) is 0 Å². The molecule has 0 N–H and O–H groups in total. The first-order chi connectivity index (χ1) is 6.45. The zero-order valence-corrected chi connectivity index (χ0v) is 7.46. The Morgan fingerprint density at radius 3 is 2.69 bits per heavy atom. The summed E-state index contributed by atoms with van der Waals surface area (Å²) in [5.41, 5.74) is 5.45. The van der Waals surface area contributed by atoms with E-state index < -0.39 is 0 Å². The molecule has 0 radical (unpaired) electrons. The maximum Gasteiger partial charge on any atom is 0.0708 e. The van der Waals surface area contributed by atoms with Crippen LogP contribution < -0.4 is 0 Å². The van der Waals surface area contributed by atoms with Gasteiger partial charge in [0.15, 0.2) is 0 Å². The molecule has 1 aliphatic heterocycles. The van der Waals surface area contributed by atoms with Gasteiger partial charge in [0, 0.05) is 17.4 Å². The number of hydrogen-bond acceptors (Lipinski definition) is 1. The smallest absolute Gasteiger partial charge is 0.0708 e. The molecule has 0 aromatic heterocycles. The summed E-state index contributed by atoms with van der Waals surface area (Å²) in [6.07, 6.45) is 5.93. The Morgan fingerprint density at radius 1 is 1.08 bits per heavy atom. The quantitative estimate of drug-likeness (QED) is 0.564. The van der Waals surface area contributed by atoms with Crippen LogP contribution in [-0.4, -0.2) is 6.21 Å². The lowest BCUT2D eigenvalue weighted by Gasteiger charge is -2.18. The second-order valence-electron chi connectivity index (χ2n) is 3.65. The SMILES string of the molecule is C1=Nc2ccccc2C1=C1CCC1. The Kier molecular flexibility index (Phi) is 1.39. The summed E-state index contributed by atoms with van der Waals surface area (Å²) in [7, 11) is 0. The number of para-hydroxylation sites is 1. The van der Waals surface area contributed by atoms with E-state index in [0.29, 0.717) is 0 Å². The summed E-state index contributed by atoms with van der Waals surface area (Å²) >= 11 is 0. The van der Waals surface area contributed by atoms with Crippen LogP contribution in [0.5, 0.6) is 0 Å². The fraction of sp³-hybridized carbons (Fsp3) is 0.250. The minimum absolute atomic E-state index is 1.14. The Morgan fingerprint density at radius 2 is 1.92 bits per heavy atom. The van der Waals surface area contributed by atoms with Crippen LogP contribution in [0.4, 0.5) is 5.69 Å². The molecular formula is C12H11N. The first-order valence-electron chi connectivity index (χ1n) is 4.80. The highest BCUT2D eigenvalue weighted by molar-refractivity contribution is 6.17. The molecule has 0 atom stereocenters. The fourth-order valence-corrected chi connectivity index (χ4v) is 1.92. The largest absolute Gasteiger partial charge is 0.256 e. The maximum atomic E-state index is 4.40. The molecule has 1 nitrogen and oxygen atoms in total. The van der Waals surface area contributed by atoms with Gasteiger partial charge in [-0.15, -0.1) is 0 Å². The van der Waals surface area contributed by atoms with E-state index in [1.54, 1.807) is 5.57 Å². The van der Waals surface area contributed by atoms with Gasteiger partial charge < -0.3 is 0 Å². The molecule has 3 rings (SSSR count). The third-order valence-corrected chi connectivity index (χ3v) is 2.86. The van der Waals surface area contributed by atoms with Crippen LogP contribution in [0, 0.1) is 0 Å². The van der Waals surface area contributed by atoms with Crippen molar-refractivity contribution < 1.29 is 0 Å². The van der Waals surface area contributed by atoms with E-state index in [1.807, 2.05) is 12.3 Å². The summed E-state index contributed by atoms with van der Waals surface area (Å²) < 4.78 is 0. The van der Waals surface area contributed by atoms with Crippen LogP contribution in [-0.2, 0) is 0 Å². The lowest BCUT2D eigenvalue weighted by Crippen LogP contribution is -2.00. The zero-order chi connectivity index (χ0) is 8.67. The third kappa shape index (κ3) is 0.966. The Labute approximate surface area is 77.8 Å². The van der Waals surface area contributed by atoms with Gasteiger partial charge in [0.2, 0.25) is 0 Å². The van der Waals surface area contributed by atoms with Crippen molar-refractivity contribution in [2.24, 2.45) is 4.99 Å². The molecule has 0 amide bonds. The molecule has 1 aromatic carbocycles. The highest BCUT2D eigenvalue weighted by Crippen LogP contribution is 2.39. The van der Waals surface area contributed by atoms with Crippen molar-refractivity contribution in [2.45, 2.75) is 19.3 Å². The van der Waals surface area contributed by atoms with E-state index in [9.17, 15) is 0 Å². The maximum absolute atomic E-state index is 4.40. The van der Waals surface area contributed by atoms with Crippen molar-refractivity contribution in [1.29, 1.82) is 0 Å². The molecule has 1 fully saturated rings. The molecular weight excluding hydrogens is 158 g/mol. The lowest BCUT2D eigenvalue weighted by molar-refractivity contribution is 0.668. The molecule has 1 heteroatoms. The Balaban J connectivity index is 2.17. The number of fused-ring (bicyclic) bond motifs is 1. The van der Waals surface area contributed by atoms with Crippen molar-refractivity contribution in [3.05, 3.63) is 35.4 Å². The normalized spacial score (nSPS) is 18.8. The van der Waals surface area contributed by atoms with Crippen LogP contribution in [0.25, 0.3) is 5.57 Å². The summed E-state index contributed by atoms with van der Waals surface area (Å²) in [6.45, 7) is 0. The van der Waals surface area contributed by atoms with Crippen LogP contribution in [0.1, 0.15) is 24.8 Å². The lowest BCUT2D eigenvalue weighted by atomic mass is 9.86. The van der Waals surface area contributed by atoms with Gasteiger partial charge in [0.1, 0.15) is 0 Å². The van der Waals surface area contributed by atoms with Crippen LogP contribution in [0.3, 0.4) is 0 Å². The molecule has 13 heavy (non-hydrogen) atoms. The van der Waals surface area contributed by atoms with Gasteiger partial charge >= 0.3 is 0 Å². The Hall–Kier alpha value is -1.37. The van der Waals surface area contributed by atoms with Crippen molar-refractivity contribution >= 4 is 17.5 Å². The van der Waals surface area contributed by atoms with E-state index in [4.69, 9.17) is 0 Å². The molecule has 0 unspecified atom stereocenters. The summed E-state index contributed by atoms with van der Waals surface area (Å²) in [4.78, 5) is 4.40. The molecule has 1 heterocycles. The van der Waals surface area contributed by atoms with Crippen LogP contribution in [0.15, 0.2) is 34.8 Å². The minimum atomic E-state index is 1.14. The molecule has 1 aromatic rings. The van der Waals surface area contributed by atoms with E-state index >= 15 is 0 Å². The van der Waals surface area contributed by atoms with Gasteiger partial charge in [0.25, 0.3) is 0 Å². The molecule has 2 aliphatic rings. The number of benzene rings is 1. The van der Waals surface area contributed by atoms with Crippen molar-refractivity contribution in [2.75, 3.05) is 0 Å². The molecule has 64 valence electrons. The number of rotatable bonds is 0. The van der Waals surface area contributed by atoms with Gasteiger partial charge in [0.05, 0.1) is 5.69 Å². The first kappa shape index (κ1) is 7.07. The summed E-state index contributed by atoms with van der Waals surface area (Å²) in [6, 6.07) is 8.39. The van der Waals surface area contributed by atoms with Crippen molar-refractivity contribution in [3.8, 4) is 0 Å². The first-order valence-corrected chi connectivity index (χ1v) is 4.80. The monoisotopic (exact) mass is 169 g/mol. The third-order valence-electron chi connectivity index (χ3n) is 2.86. The fourth-order valence-electron chi connectivity index (χ4n) is 1.92. The van der Waals surface area contributed by atoms with E-state index in [2.05, 4.69) is 23.2 Å². The van der Waals surface area contributed by atoms with E-state index in [1.165, 1.54) is 30.4 Å². The van der Waals surface area contributed by atoms with E-state index in [0.717, 1.165) is 5.69 Å². The summed E-state index contributed by atoms with van der Waals surface area (Å²) in [5.74, 6) is 0. The van der Waals surface area contributed by atoms with Crippen molar-refractivity contribution in [3.63, 3.8) is 0 Å². The van der Waals surface area contributed by atoms with Gasteiger partial charge in [-0.05, 0) is 25.3 Å².